The normalized spacial score (nSPS) is 20.2. The first-order valence-corrected chi connectivity index (χ1v) is 10.9. The van der Waals surface area contributed by atoms with Gasteiger partial charge in [0.25, 0.3) is 0 Å². The number of carbonyl (C=O) groups excluding carboxylic acids is 3. The van der Waals surface area contributed by atoms with Gasteiger partial charge in [-0.15, -0.1) is 0 Å². The molecule has 30 heavy (non-hydrogen) atoms. The Hall–Kier alpha value is -2.45. The summed E-state index contributed by atoms with van der Waals surface area (Å²) in [6.45, 7) is 1.50. The van der Waals surface area contributed by atoms with Crippen molar-refractivity contribution in [3.05, 3.63) is 11.7 Å². The van der Waals surface area contributed by atoms with Gasteiger partial charge < -0.3 is 19.9 Å². The fourth-order valence-corrected chi connectivity index (χ4v) is 4.73. The highest BCUT2D eigenvalue weighted by Gasteiger charge is 2.43. The molecule has 9 nitrogen and oxygen atoms in total. The second kappa shape index (κ2) is 9.57. The van der Waals surface area contributed by atoms with Crippen molar-refractivity contribution in [3.8, 4) is 0 Å². The molecule has 9 heteroatoms. The van der Waals surface area contributed by atoms with Crippen LogP contribution in [-0.2, 0) is 31.1 Å². The topological polar surface area (TPSA) is 123 Å². The second-order valence-corrected chi connectivity index (χ2v) is 8.52. The van der Waals surface area contributed by atoms with Gasteiger partial charge in [0.1, 0.15) is 11.1 Å². The monoisotopic (exact) mass is 420 g/mol. The molecule has 0 aliphatic heterocycles. The van der Waals surface area contributed by atoms with Crippen molar-refractivity contribution >= 4 is 17.8 Å². The van der Waals surface area contributed by atoms with Crippen LogP contribution in [0, 0.1) is 0 Å². The molecular weight excluding hydrogens is 388 g/mol. The molecule has 0 bridgehead atoms. The van der Waals surface area contributed by atoms with Crippen LogP contribution in [-0.4, -0.2) is 40.6 Å². The van der Waals surface area contributed by atoms with Crippen LogP contribution in [0.25, 0.3) is 0 Å². The lowest BCUT2D eigenvalue weighted by Gasteiger charge is -2.30. The molecule has 3 rings (SSSR count). The molecule has 2 aliphatic rings. The van der Waals surface area contributed by atoms with Gasteiger partial charge in [-0.2, -0.15) is 4.98 Å². The summed E-state index contributed by atoms with van der Waals surface area (Å²) in [6, 6.07) is 0. The zero-order valence-corrected chi connectivity index (χ0v) is 17.9. The van der Waals surface area contributed by atoms with E-state index in [2.05, 4.69) is 20.8 Å². The van der Waals surface area contributed by atoms with Gasteiger partial charge in [-0.1, -0.05) is 43.7 Å². The minimum absolute atomic E-state index is 0.118. The Bertz CT molecular complexity index is 761. The summed E-state index contributed by atoms with van der Waals surface area (Å²) >= 11 is 0. The van der Waals surface area contributed by atoms with Crippen LogP contribution in [0.4, 0.5) is 0 Å². The highest BCUT2D eigenvalue weighted by molar-refractivity contribution is 5.88. The van der Waals surface area contributed by atoms with Gasteiger partial charge in [-0.05, 0) is 25.7 Å². The molecule has 2 aliphatic carbocycles. The predicted octanol–water partition coefficient (Wildman–Crippen LogP) is 2.29. The molecule has 1 aromatic rings. The molecule has 0 spiro atoms. The molecule has 1 aromatic heterocycles. The summed E-state index contributed by atoms with van der Waals surface area (Å²) in [4.78, 5) is 41.0. The van der Waals surface area contributed by atoms with Crippen LogP contribution in [0.5, 0.6) is 0 Å². The summed E-state index contributed by atoms with van der Waals surface area (Å²) in [5, 5.41) is 10.0. The van der Waals surface area contributed by atoms with Gasteiger partial charge in [0.15, 0.2) is 5.82 Å². The number of ether oxygens (including phenoxy) is 1. The maximum Gasteiger partial charge on any atom is 0.331 e. The lowest BCUT2D eigenvalue weighted by atomic mass is 9.89. The highest BCUT2D eigenvalue weighted by atomic mass is 16.5. The molecule has 2 saturated carbocycles. The van der Waals surface area contributed by atoms with E-state index in [0.717, 1.165) is 51.4 Å². The number of esters is 1. The van der Waals surface area contributed by atoms with Gasteiger partial charge in [0, 0.05) is 19.8 Å². The van der Waals surface area contributed by atoms with E-state index in [4.69, 9.17) is 9.26 Å². The minimum Gasteiger partial charge on any atom is -0.467 e. The van der Waals surface area contributed by atoms with Gasteiger partial charge in [-0.25, -0.2) is 4.79 Å². The smallest absolute Gasteiger partial charge is 0.331 e. The van der Waals surface area contributed by atoms with Crippen molar-refractivity contribution in [2.24, 2.45) is 0 Å². The van der Waals surface area contributed by atoms with Crippen LogP contribution in [0.15, 0.2) is 4.52 Å². The first kappa shape index (κ1) is 22.2. The number of aromatic nitrogens is 2. The first-order chi connectivity index (χ1) is 14.4. The van der Waals surface area contributed by atoms with E-state index in [9.17, 15) is 14.4 Å². The van der Waals surface area contributed by atoms with Gasteiger partial charge >= 0.3 is 5.97 Å². The van der Waals surface area contributed by atoms with E-state index in [1.165, 1.54) is 14.0 Å². The summed E-state index contributed by atoms with van der Waals surface area (Å²) in [6.07, 6.45) is 9.11. The Kier molecular flexibility index (Phi) is 7.10. The Morgan fingerprint density at radius 3 is 2.23 bits per heavy atom. The number of aryl methyl sites for hydroxylation is 1. The Balaban J connectivity index is 1.63. The zero-order chi connectivity index (χ0) is 21.6. The number of amides is 2. The van der Waals surface area contributed by atoms with Crippen LogP contribution < -0.4 is 10.6 Å². The number of rotatable bonds is 7. The molecule has 1 heterocycles. The van der Waals surface area contributed by atoms with E-state index < -0.39 is 11.1 Å². The van der Waals surface area contributed by atoms with Crippen molar-refractivity contribution < 1.29 is 23.6 Å². The van der Waals surface area contributed by atoms with Crippen molar-refractivity contribution in [3.63, 3.8) is 0 Å². The van der Waals surface area contributed by atoms with E-state index in [1.54, 1.807) is 0 Å². The third-order valence-corrected chi connectivity index (χ3v) is 6.25. The summed E-state index contributed by atoms with van der Waals surface area (Å²) in [5.74, 6) is 0.0870. The molecule has 166 valence electrons. The van der Waals surface area contributed by atoms with Crippen molar-refractivity contribution in [1.82, 2.24) is 20.8 Å². The minimum atomic E-state index is -0.915. The number of nitrogens with zero attached hydrogens (tertiary/aromatic N) is 2. The van der Waals surface area contributed by atoms with Crippen LogP contribution >= 0.6 is 0 Å². The number of hydrogen-bond donors (Lipinski definition) is 2. The Morgan fingerprint density at radius 1 is 1.00 bits per heavy atom. The van der Waals surface area contributed by atoms with E-state index >= 15 is 0 Å². The van der Waals surface area contributed by atoms with E-state index in [-0.39, 0.29) is 30.6 Å². The molecule has 0 aromatic carbocycles. The maximum absolute atomic E-state index is 12.5. The molecule has 2 N–H and O–H groups in total. The molecule has 0 radical (unpaired) electrons. The fourth-order valence-electron chi connectivity index (χ4n) is 4.73. The van der Waals surface area contributed by atoms with E-state index in [1.807, 2.05) is 0 Å². The fraction of sp³-hybridized carbons (Fsp3) is 0.762. The van der Waals surface area contributed by atoms with Crippen molar-refractivity contribution in [2.45, 2.75) is 95.1 Å². The number of nitrogens with one attached hydrogen (secondary N) is 2. The molecule has 2 amide bonds. The number of hydrogen-bond acceptors (Lipinski definition) is 7. The zero-order valence-electron chi connectivity index (χ0n) is 17.9. The Morgan fingerprint density at radius 2 is 1.63 bits per heavy atom. The highest BCUT2D eigenvalue weighted by Crippen LogP contribution is 2.35. The van der Waals surface area contributed by atoms with Gasteiger partial charge in [-0.3, -0.25) is 9.59 Å². The van der Waals surface area contributed by atoms with Crippen molar-refractivity contribution in [1.29, 1.82) is 0 Å². The third-order valence-electron chi connectivity index (χ3n) is 6.25. The summed E-state index contributed by atoms with van der Waals surface area (Å²) in [5.41, 5.74) is -1.52. The average Bonchev–Trinajstić information content (AvgIpc) is 3.33. The van der Waals surface area contributed by atoms with Crippen molar-refractivity contribution in [2.75, 3.05) is 7.11 Å². The third kappa shape index (κ3) is 4.99. The SMILES string of the molecule is COC(=O)C1(NC(=O)CCc2nc(C3(NC(C)=O)CCCCCC3)no2)CCCC1. The second-order valence-electron chi connectivity index (χ2n) is 8.52. The predicted molar refractivity (Wildman–Crippen MR) is 107 cm³/mol. The van der Waals surface area contributed by atoms with E-state index in [0.29, 0.717) is 24.6 Å². The number of carbonyl (C=O) groups is 3. The molecule has 0 saturated heterocycles. The average molecular weight is 421 g/mol. The quantitative estimate of drug-likeness (QED) is 0.512. The standard InChI is InChI=1S/C21H32N4O5/c1-15(26)23-20(11-5-3-4-6-12-20)18-22-17(30-25-18)10-9-16(27)24-21(19(28)29-2)13-7-8-14-21/h3-14H2,1-2H3,(H,23,26)(H,24,27). The lowest BCUT2D eigenvalue weighted by Crippen LogP contribution is -2.53. The molecule has 0 unspecified atom stereocenters. The first-order valence-electron chi connectivity index (χ1n) is 10.9. The van der Waals surface area contributed by atoms with Crippen LogP contribution in [0.1, 0.15) is 89.3 Å². The summed E-state index contributed by atoms with van der Waals surface area (Å²) < 4.78 is 10.3. The Labute approximate surface area is 176 Å². The molecular formula is C21H32N4O5. The maximum atomic E-state index is 12.5. The molecule has 0 atom stereocenters. The summed E-state index contributed by atoms with van der Waals surface area (Å²) in [7, 11) is 1.34. The lowest BCUT2D eigenvalue weighted by molar-refractivity contribution is -0.150. The van der Waals surface area contributed by atoms with Crippen LogP contribution in [0.3, 0.4) is 0 Å². The largest absolute Gasteiger partial charge is 0.467 e. The van der Waals surface area contributed by atoms with Gasteiger partial charge in [0.05, 0.1) is 7.11 Å². The molecule has 2 fully saturated rings. The van der Waals surface area contributed by atoms with Crippen LogP contribution in [0.2, 0.25) is 0 Å². The number of methoxy groups -OCH3 is 1. The van der Waals surface area contributed by atoms with Gasteiger partial charge in [0.2, 0.25) is 17.7 Å².